The van der Waals surface area contributed by atoms with Gasteiger partial charge in [-0.3, -0.25) is 20.4 Å². The van der Waals surface area contributed by atoms with E-state index in [1.165, 1.54) is 32.1 Å². The Bertz CT molecular complexity index is 632. The molecular formula is C21H31N2O4-. The van der Waals surface area contributed by atoms with E-state index in [9.17, 15) is 19.5 Å². The number of carboxylic acid groups (broad SMARTS) is 1. The number of allylic oxidation sites excluding steroid dienone is 2. The molecule has 0 aromatic carbocycles. The minimum atomic E-state index is -1.16. The van der Waals surface area contributed by atoms with Gasteiger partial charge in [0.15, 0.2) is 0 Å². The summed E-state index contributed by atoms with van der Waals surface area (Å²) in [5, 5.41) is 11.7. The highest BCUT2D eigenvalue weighted by Gasteiger charge is 2.54. The number of hydrogen-bond acceptors (Lipinski definition) is 4. The maximum absolute atomic E-state index is 12.7. The van der Waals surface area contributed by atoms with E-state index in [4.69, 9.17) is 0 Å². The largest absolute Gasteiger partial charge is 0.550 e. The number of aliphatic carboxylic acids is 1. The molecule has 6 heteroatoms. The lowest BCUT2D eigenvalue weighted by Gasteiger charge is -2.30. The number of hydrogen-bond donors (Lipinski definition) is 2. The zero-order valence-corrected chi connectivity index (χ0v) is 16.4. The first-order chi connectivity index (χ1) is 12.9. The third-order valence-corrected chi connectivity index (χ3v) is 6.82. The Morgan fingerprint density at radius 2 is 1.56 bits per heavy atom. The lowest BCUT2D eigenvalue weighted by atomic mass is 9.79. The number of carboxylic acids is 1. The fraction of sp³-hybridized carbons (Fsp3) is 0.762. The number of amides is 2. The molecule has 3 aliphatic rings. The summed E-state index contributed by atoms with van der Waals surface area (Å²) in [6.45, 7) is 3.95. The fourth-order valence-electron chi connectivity index (χ4n) is 5.68. The van der Waals surface area contributed by atoms with Crippen molar-refractivity contribution >= 4 is 17.8 Å². The van der Waals surface area contributed by atoms with Crippen molar-refractivity contribution in [3.8, 4) is 0 Å². The molecule has 0 radical (unpaired) electrons. The van der Waals surface area contributed by atoms with Crippen molar-refractivity contribution in [3.05, 3.63) is 11.1 Å². The highest BCUT2D eigenvalue weighted by atomic mass is 16.4. The predicted octanol–water partition coefficient (Wildman–Crippen LogP) is 1.85. The first-order valence-electron chi connectivity index (χ1n) is 10.4. The van der Waals surface area contributed by atoms with Crippen LogP contribution in [-0.2, 0) is 14.4 Å². The average Bonchev–Trinajstić information content (AvgIpc) is 3.21. The van der Waals surface area contributed by atoms with E-state index in [1.54, 1.807) is 0 Å². The zero-order chi connectivity index (χ0) is 19.6. The normalized spacial score (nSPS) is 30.2. The van der Waals surface area contributed by atoms with Gasteiger partial charge in [-0.05, 0) is 50.9 Å². The summed E-state index contributed by atoms with van der Waals surface area (Å²) in [5.74, 6) is -2.78. The molecule has 3 rings (SSSR count). The molecule has 0 heterocycles. The van der Waals surface area contributed by atoms with Crippen LogP contribution in [0.5, 0.6) is 0 Å². The van der Waals surface area contributed by atoms with Crippen molar-refractivity contribution in [2.24, 2.45) is 29.6 Å². The van der Waals surface area contributed by atoms with Gasteiger partial charge in [-0.15, -0.1) is 0 Å². The Kier molecular flexibility index (Phi) is 6.22. The van der Waals surface area contributed by atoms with E-state index in [0.29, 0.717) is 12.3 Å². The van der Waals surface area contributed by atoms with Crippen LogP contribution in [0.25, 0.3) is 0 Å². The average molecular weight is 375 g/mol. The Balaban J connectivity index is 1.54. The molecule has 2 N–H and O–H groups in total. The standard InChI is InChI=1S/C21H32N2O4/c1-12(2)17-14-9-10-15(17)19(21(26)27)18(14)20(25)23-22-16(24)11-8-13-6-4-3-5-7-13/h13-15,18-19H,3-11H2,1-2H3,(H,22,24)(H,23,25)(H,26,27)/p-1/t14-,15-,18-,19+/m1/s1. The van der Waals surface area contributed by atoms with Crippen LogP contribution < -0.4 is 16.0 Å². The topological polar surface area (TPSA) is 98.3 Å². The molecule has 3 saturated carbocycles. The minimum Gasteiger partial charge on any atom is -0.550 e. The van der Waals surface area contributed by atoms with Crippen molar-refractivity contribution in [2.45, 2.75) is 71.6 Å². The van der Waals surface area contributed by atoms with Crippen LogP contribution in [-0.4, -0.2) is 17.8 Å². The van der Waals surface area contributed by atoms with Gasteiger partial charge >= 0.3 is 0 Å². The van der Waals surface area contributed by atoms with E-state index in [2.05, 4.69) is 10.9 Å². The maximum atomic E-state index is 12.7. The summed E-state index contributed by atoms with van der Waals surface area (Å²) in [7, 11) is 0. The van der Waals surface area contributed by atoms with Crippen LogP contribution in [0, 0.1) is 29.6 Å². The highest BCUT2D eigenvalue weighted by Crippen LogP contribution is 2.56. The van der Waals surface area contributed by atoms with Gasteiger partial charge < -0.3 is 9.90 Å². The van der Waals surface area contributed by atoms with Crippen LogP contribution in [0.1, 0.15) is 71.6 Å². The van der Waals surface area contributed by atoms with Gasteiger partial charge in [-0.25, -0.2) is 0 Å². The second kappa shape index (κ2) is 8.44. The van der Waals surface area contributed by atoms with Gasteiger partial charge in [0.25, 0.3) is 0 Å². The van der Waals surface area contributed by atoms with Crippen molar-refractivity contribution in [2.75, 3.05) is 0 Å². The van der Waals surface area contributed by atoms with Crippen LogP contribution in [0.4, 0.5) is 0 Å². The van der Waals surface area contributed by atoms with Gasteiger partial charge in [0.2, 0.25) is 11.8 Å². The Hall–Kier alpha value is -1.85. The van der Waals surface area contributed by atoms with Gasteiger partial charge in [-0.2, -0.15) is 0 Å². The lowest BCUT2D eigenvalue weighted by Crippen LogP contribution is -2.50. The fourth-order valence-corrected chi connectivity index (χ4v) is 5.68. The number of fused-ring (bicyclic) bond motifs is 2. The van der Waals surface area contributed by atoms with E-state index < -0.39 is 23.7 Å². The predicted molar refractivity (Wildman–Crippen MR) is 98.7 cm³/mol. The van der Waals surface area contributed by atoms with Gasteiger partial charge in [0, 0.05) is 18.3 Å². The molecule has 2 amide bonds. The molecule has 0 spiro atoms. The summed E-state index contributed by atoms with van der Waals surface area (Å²) < 4.78 is 0. The van der Waals surface area contributed by atoms with Crippen molar-refractivity contribution < 1.29 is 19.5 Å². The third kappa shape index (κ3) is 4.19. The second-order valence-electron chi connectivity index (χ2n) is 8.70. The van der Waals surface area contributed by atoms with Gasteiger partial charge in [0.1, 0.15) is 0 Å². The number of carbonyl (C=O) groups excluding carboxylic acids is 3. The molecule has 0 aromatic heterocycles. The van der Waals surface area contributed by atoms with E-state index in [-0.39, 0.29) is 17.7 Å². The summed E-state index contributed by atoms with van der Waals surface area (Å²) in [5.41, 5.74) is 7.19. The molecule has 0 aromatic rings. The monoisotopic (exact) mass is 375 g/mol. The maximum Gasteiger partial charge on any atom is 0.242 e. The molecule has 6 nitrogen and oxygen atoms in total. The molecule has 2 bridgehead atoms. The SMILES string of the molecule is CC(C)=C1[C@H]2CC[C@H]1[C@@H](C(=O)NNC(=O)CCC1CCCCC1)[C@H]2C(=O)[O-]. The smallest absolute Gasteiger partial charge is 0.242 e. The third-order valence-electron chi connectivity index (χ3n) is 6.82. The molecule has 0 saturated heterocycles. The van der Waals surface area contributed by atoms with Gasteiger partial charge in [0.05, 0.1) is 5.92 Å². The quantitative estimate of drug-likeness (QED) is 0.566. The number of carbonyl (C=O) groups is 3. The van der Waals surface area contributed by atoms with E-state index in [0.717, 1.165) is 30.4 Å². The first-order valence-corrected chi connectivity index (χ1v) is 10.4. The lowest BCUT2D eigenvalue weighted by molar-refractivity contribution is -0.314. The molecule has 0 unspecified atom stereocenters. The summed E-state index contributed by atoms with van der Waals surface area (Å²) >= 11 is 0. The molecule has 4 atom stereocenters. The molecular weight excluding hydrogens is 344 g/mol. The number of nitrogens with one attached hydrogen (secondary N) is 2. The molecule has 0 aliphatic heterocycles. The van der Waals surface area contributed by atoms with Gasteiger partial charge in [-0.1, -0.05) is 43.3 Å². The van der Waals surface area contributed by atoms with Crippen molar-refractivity contribution in [1.82, 2.24) is 10.9 Å². The highest BCUT2D eigenvalue weighted by molar-refractivity contribution is 5.88. The molecule has 150 valence electrons. The second-order valence-corrected chi connectivity index (χ2v) is 8.70. The Morgan fingerprint density at radius 1 is 0.926 bits per heavy atom. The first kappa shape index (κ1) is 19.9. The number of hydrazine groups is 1. The van der Waals surface area contributed by atoms with Crippen LogP contribution in [0.15, 0.2) is 11.1 Å². The van der Waals surface area contributed by atoms with E-state index in [1.807, 2.05) is 13.8 Å². The molecule has 27 heavy (non-hydrogen) atoms. The summed E-state index contributed by atoms with van der Waals surface area (Å²) in [6.07, 6.45) is 8.99. The number of rotatable bonds is 5. The Morgan fingerprint density at radius 3 is 2.15 bits per heavy atom. The van der Waals surface area contributed by atoms with Crippen molar-refractivity contribution in [1.29, 1.82) is 0 Å². The molecule has 3 aliphatic carbocycles. The van der Waals surface area contributed by atoms with E-state index >= 15 is 0 Å². The summed E-state index contributed by atoms with van der Waals surface area (Å²) in [6, 6.07) is 0. The van der Waals surface area contributed by atoms with Crippen LogP contribution >= 0.6 is 0 Å². The van der Waals surface area contributed by atoms with Crippen LogP contribution in [0.3, 0.4) is 0 Å². The minimum absolute atomic E-state index is 0.0537. The Labute approximate surface area is 161 Å². The zero-order valence-electron chi connectivity index (χ0n) is 16.4. The summed E-state index contributed by atoms with van der Waals surface area (Å²) in [4.78, 5) is 36.5. The van der Waals surface area contributed by atoms with Crippen LogP contribution in [0.2, 0.25) is 0 Å². The molecule has 3 fully saturated rings. The van der Waals surface area contributed by atoms with Crippen molar-refractivity contribution in [3.63, 3.8) is 0 Å².